The Labute approximate surface area is 119 Å². The highest BCUT2D eigenvalue weighted by Crippen LogP contribution is 2.39. The first-order valence-electron chi connectivity index (χ1n) is 8.19. The van der Waals surface area contributed by atoms with Crippen molar-refractivity contribution >= 4 is 0 Å². The van der Waals surface area contributed by atoms with E-state index in [0.29, 0.717) is 11.5 Å². The van der Waals surface area contributed by atoms with Gasteiger partial charge in [-0.25, -0.2) is 0 Å². The maximum atomic E-state index is 3.74. The van der Waals surface area contributed by atoms with E-state index in [2.05, 4.69) is 42.8 Å². The lowest BCUT2D eigenvalue weighted by Crippen LogP contribution is -2.51. The quantitative estimate of drug-likeness (QED) is 0.744. The molecule has 2 fully saturated rings. The van der Waals surface area contributed by atoms with Crippen molar-refractivity contribution in [3.8, 4) is 0 Å². The molecule has 3 heteroatoms. The molecule has 2 aliphatic rings. The van der Waals surface area contributed by atoms with E-state index >= 15 is 0 Å². The molecule has 1 saturated heterocycles. The smallest absolute Gasteiger partial charge is 0.0118 e. The van der Waals surface area contributed by atoms with Gasteiger partial charge in [0.05, 0.1) is 0 Å². The molecule has 0 amide bonds. The zero-order valence-electron chi connectivity index (χ0n) is 13.4. The fourth-order valence-electron chi connectivity index (χ4n) is 3.33. The summed E-state index contributed by atoms with van der Waals surface area (Å²) >= 11 is 0. The Kier molecular flexibility index (Phi) is 5.27. The first kappa shape index (κ1) is 15.3. The molecule has 0 aromatic carbocycles. The number of nitrogens with zero attached hydrogens (tertiary/aromatic N) is 2. The lowest BCUT2D eigenvalue weighted by molar-refractivity contribution is 0.0976. The number of rotatable bonds is 6. The molecule has 19 heavy (non-hydrogen) atoms. The lowest BCUT2D eigenvalue weighted by atomic mass is 9.67. The van der Waals surface area contributed by atoms with Crippen LogP contribution in [0.25, 0.3) is 0 Å². The number of hydrogen-bond donors (Lipinski definition) is 1. The average molecular weight is 267 g/mol. The summed E-state index contributed by atoms with van der Waals surface area (Å²) in [6.07, 6.45) is 4.07. The van der Waals surface area contributed by atoms with E-state index in [4.69, 9.17) is 0 Å². The Morgan fingerprint density at radius 3 is 2.32 bits per heavy atom. The second-order valence-electron chi connectivity index (χ2n) is 7.36. The molecule has 1 aliphatic carbocycles. The molecule has 1 unspecified atom stereocenters. The van der Waals surface area contributed by atoms with Crippen LogP contribution in [0.4, 0.5) is 0 Å². The van der Waals surface area contributed by atoms with E-state index in [1.165, 1.54) is 58.5 Å². The van der Waals surface area contributed by atoms with Gasteiger partial charge in [-0.3, -0.25) is 4.90 Å². The Morgan fingerprint density at radius 1 is 1.16 bits per heavy atom. The van der Waals surface area contributed by atoms with Crippen LogP contribution in [0.2, 0.25) is 0 Å². The summed E-state index contributed by atoms with van der Waals surface area (Å²) in [4.78, 5) is 5.22. The Bertz CT molecular complexity index is 267. The van der Waals surface area contributed by atoms with Gasteiger partial charge in [-0.05, 0) is 51.6 Å². The fraction of sp³-hybridized carbons (Fsp3) is 1.00. The van der Waals surface area contributed by atoms with E-state index in [9.17, 15) is 0 Å². The van der Waals surface area contributed by atoms with Crippen molar-refractivity contribution in [3.05, 3.63) is 0 Å². The van der Waals surface area contributed by atoms with Gasteiger partial charge in [0.15, 0.2) is 0 Å². The van der Waals surface area contributed by atoms with E-state index in [-0.39, 0.29) is 0 Å². The summed E-state index contributed by atoms with van der Waals surface area (Å²) in [5.74, 6) is 0. The van der Waals surface area contributed by atoms with E-state index in [1.807, 2.05) is 0 Å². The first-order valence-corrected chi connectivity index (χ1v) is 8.19. The van der Waals surface area contributed by atoms with Crippen LogP contribution in [0.1, 0.15) is 47.0 Å². The van der Waals surface area contributed by atoms with Gasteiger partial charge in [-0.15, -0.1) is 0 Å². The van der Waals surface area contributed by atoms with Crippen LogP contribution in [0.3, 0.4) is 0 Å². The SMILES string of the molecule is CC(C)N1CCN(CCCNC2CCC2(C)C)CC1. The Morgan fingerprint density at radius 2 is 1.84 bits per heavy atom. The third-order valence-electron chi connectivity index (χ3n) is 5.20. The minimum Gasteiger partial charge on any atom is -0.313 e. The molecule has 1 atom stereocenters. The van der Waals surface area contributed by atoms with Gasteiger partial charge < -0.3 is 10.2 Å². The minimum atomic E-state index is 0.545. The van der Waals surface area contributed by atoms with Gasteiger partial charge in [-0.1, -0.05) is 13.8 Å². The van der Waals surface area contributed by atoms with Crippen LogP contribution >= 0.6 is 0 Å². The molecular formula is C16H33N3. The highest BCUT2D eigenvalue weighted by atomic mass is 15.3. The van der Waals surface area contributed by atoms with E-state index < -0.39 is 0 Å². The molecule has 112 valence electrons. The standard InChI is InChI=1S/C16H33N3/c1-14(2)19-12-10-18(11-13-19)9-5-8-17-15-6-7-16(15,3)4/h14-15,17H,5-13H2,1-4H3. The van der Waals surface area contributed by atoms with E-state index in [1.54, 1.807) is 0 Å². The van der Waals surface area contributed by atoms with Crippen LogP contribution in [-0.2, 0) is 0 Å². The fourth-order valence-corrected chi connectivity index (χ4v) is 3.33. The summed E-state index contributed by atoms with van der Waals surface area (Å²) in [6.45, 7) is 16.9. The molecule has 1 saturated carbocycles. The maximum Gasteiger partial charge on any atom is 0.0118 e. The third kappa shape index (κ3) is 4.17. The van der Waals surface area contributed by atoms with Gasteiger partial charge >= 0.3 is 0 Å². The summed E-state index contributed by atoms with van der Waals surface area (Å²) < 4.78 is 0. The summed E-state index contributed by atoms with van der Waals surface area (Å²) in [5, 5.41) is 3.74. The van der Waals surface area contributed by atoms with E-state index in [0.717, 1.165) is 6.04 Å². The molecular weight excluding hydrogens is 234 g/mol. The van der Waals surface area contributed by atoms with Crippen molar-refractivity contribution in [2.75, 3.05) is 39.3 Å². The van der Waals surface area contributed by atoms with Crippen LogP contribution in [0, 0.1) is 5.41 Å². The van der Waals surface area contributed by atoms with Gasteiger partial charge in [0.25, 0.3) is 0 Å². The van der Waals surface area contributed by atoms with Crippen molar-refractivity contribution in [1.29, 1.82) is 0 Å². The molecule has 0 aromatic rings. The third-order valence-corrected chi connectivity index (χ3v) is 5.20. The van der Waals surface area contributed by atoms with Crippen molar-refractivity contribution in [1.82, 2.24) is 15.1 Å². The molecule has 1 heterocycles. The number of piperazine rings is 1. The first-order chi connectivity index (χ1) is 8.99. The normalized spacial score (nSPS) is 28.6. The molecule has 3 nitrogen and oxygen atoms in total. The summed E-state index contributed by atoms with van der Waals surface area (Å²) in [6, 6.07) is 1.48. The predicted molar refractivity (Wildman–Crippen MR) is 82.6 cm³/mol. The monoisotopic (exact) mass is 267 g/mol. The van der Waals surface area contributed by atoms with Gasteiger partial charge in [0.1, 0.15) is 0 Å². The molecule has 0 spiro atoms. The van der Waals surface area contributed by atoms with Crippen molar-refractivity contribution in [2.24, 2.45) is 5.41 Å². The van der Waals surface area contributed by atoms with Crippen molar-refractivity contribution in [3.63, 3.8) is 0 Å². The topological polar surface area (TPSA) is 18.5 Å². The van der Waals surface area contributed by atoms with Crippen LogP contribution in [0.5, 0.6) is 0 Å². The van der Waals surface area contributed by atoms with Crippen LogP contribution in [-0.4, -0.2) is 61.2 Å². The molecule has 0 aromatic heterocycles. The molecule has 1 N–H and O–H groups in total. The highest BCUT2D eigenvalue weighted by molar-refractivity contribution is 4.93. The van der Waals surface area contributed by atoms with Gasteiger partial charge in [0.2, 0.25) is 0 Å². The van der Waals surface area contributed by atoms with Gasteiger partial charge in [0, 0.05) is 38.3 Å². The van der Waals surface area contributed by atoms with Crippen LogP contribution in [0.15, 0.2) is 0 Å². The van der Waals surface area contributed by atoms with Crippen molar-refractivity contribution < 1.29 is 0 Å². The molecule has 2 rings (SSSR count). The zero-order valence-corrected chi connectivity index (χ0v) is 13.4. The molecule has 0 radical (unpaired) electrons. The average Bonchev–Trinajstić information content (AvgIpc) is 2.37. The van der Waals surface area contributed by atoms with Crippen molar-refractivity contribution in [2.45, 2.75) is 59.0 Å². The van der Waals surface area contributed by atoms with Gasteiger partial charge in [-0.2, -0.15) is 0 Å². The Hall–Kier alpha value is -0.120. The molecule has 1 aliphatic heterocycles. The Balaban J connectivity index is 1.53. The minimum absolute atomic E-state index is 0.545. The highest BCUT2D eigenvalue weighted by Gasteiger charge is 2.37. The maximum absolute atomic E-state index is 3.74. The second kappa shape index (κ2) is 6.55. The summed E-state index contributed by atoms with van der Waals surface area (Å²) in [5.41, 5.74) is 0.545. The lowest BCUT2D eigenvalue weighted by Gasteiger charge is -2.45. The second-order valence-corrected chi connectivity index (χ2v) is 7.36. The predicted octanol–water partition coefficient (Wildman–Crippen LogP) is 2.18. The number of hydrogen-bond acceptors (Lipinski definition) is 3. The number of nitrogens with one attached hydrogen (secondary N) is 1. The molecule has 0 bridgehead atoms. The summed E-state index contributed by atoms with van der Waals surface area (Å²) in [7, 11) is 0. The zero-order chi connectivity index (χ0) is 13.9. The van der Waals surface area contributed by atoms with Crippen LogP contribution < -0.4 is 5.32 Å². The largest absolute Gasteiger partial charge is 0.313 e.